The zero-order chi connectivity index (χ0) is 18.6. The van der Waals surface area contributed by atoms with Gasteiger partial charge in [-0.25, -0.2) is 0 Å². The number of benzene rings is 2. The fourth-order valence-electron chi connectivity index (χ4n) is 4.62. The molecule has 2 aromatic carbocycles. The van der Waals surface area contributed by atoms with Crippen LogP contribution in [0.4, 0.5) is 0 Å². The SMILES string of the molecule is Cc1cc(CO)c(-c2c(CO)cc(C)c3c2[C@@H](C)OC3)c2c1CO[C@@H]2C. The second kappa shape index (κ2) is 6.46. The zero-order valence-corrected chi connectivity index (χ0v) is 15.8. The van der Waals surface area contributed by atoms with Crippen LogP contribution in [0.2, 0.25) is 0 Å². The van der Waals surface area contributed by atoms with Crippen LogP contribution >= 0.6 is 0 Å². The summed E-state index contributed by atoms with van der Waals surface area (Å²) in [6, 6.07) is 4.12. The van der Waals surface area contributed by atoms with Crippen molar-refractivity contribution in [2.75, 3.05) is 0 Å². The highest BCUT2D eigenvalue weighted by Gasteiger charge is 2.33. The van der Waals surface area contributed by atoms with Crippen LogP contribution in [0.25, 0.3) is 11.1 Å². The molecule has 0 bridgehead atoms. The van der Waals surface area contributed by atoms with Gasteiger partial charge in [-0.1, -0.05) is 12.1 Å². The van der Waals surface area contributed by atoms with Gasteiger partial charge < -0.3 is 19.7 Å². The van der Waals surface area contributed by atoms with Gasteiger partial charge in [0.1, 0.15) is 0 Å². The fraction of sp³-hybridized carbons (Fsp3) is 0.455. The largest absolute Gasteiger partial charge is 0.392 e. The van der Waals surface area contributed by atoms with E-state index in [9.17, 15) is 10.2 Å². The second-order valence-electron chi connectivity index (χ2n) is 7.46. The molecule has 0 spiro atoms. The maximum Gasteiger partial charge on any atom is 0.0811 e. The van der Waals surface area contributed by atoms with Crippen LogP contribution in [0, 0.1) is 13.8 Å². The van der Waals surface area contributed by atoms with Crippen molar-refractivity contribution in [3.63, 3.8) is 0 Å². The van der Waals surface area contributed by atoms with Crippen LogP contribution < -0.4 is 0 Å². The third-order valence-electron chi connectivity index (χ3n) is 5.92. The average Bonchev–Trinajstić information content (AvgIpc) is 3.20. The van der Waals surface area contributed by atoms with Crippen molar-refractivity contribution >= 4 is 0 Å². The van der Waals surface area contributed by atoms with Gasteiger partial charge >= 0.3 is 0 Å². The molecule has 2 aliphatic heterocycles. The molecule has 0 unspecified atom stereocenters. The molecular weight excluding hydrogens is 328 g/mol. The topological polar surface area (TPSA) is 58.9 Å². The minimum atomic E-state index is -0.0427. The van der Waals surface area contributed by atoms with E-state index in [1.807, 2.05) is 0 Å². The van der Waals surface area contributed by atoms with Crippen LogP contribution in [-0.4, -0.2) is 10.2 Å². The molecule has 2 aliphatic rings. The van der Waals surface area contributed by atoms with Crippen molar-refractivity contribution in [2.24, 2.45) is 0 Å². The highest BCUT2D eigenvalue weighted by Crippen LogP contribution is 2.48. The number of rotatable bonds is 3. The van der Waals surface area contributed by atoms with E-state index >= 15 is 0 Å². The van der Waals surface area contributed by atoms with Gasteiger partial charge in [-0.2, -0.15) is 0 Å². The Morgan fingerprint density at radius 1 is 0.808 bits per heavy atom. The molecule has 0 saturated carbocycles. The minimum absolute atomic E-state index is 0.0358. The second-order valence-corrected chi connectivity index (χ2v) is 7.46. The van der Waals surface area contributed by atoms with Crippen LogP contribution in [0.1, 0.15) is 70.6 Å². The molecule has 4 rings (SSSR count). The van der Waals surface area contributed by atoms with E-state index in [2.05, 4.69) is 39.8 Å². The summed E-state index contributed by atoms with van der Waals surface area (Å²) < 4.78 is 11.9. The lowest BCUT2D eigenvalue weighted by Crippen LogP contribution is -2.07. The predicted octanol–water partition coefficient (Wildman–Crippen LogP) is 4.14. The fourth-order valence-corrected chi connectivity index (χ4v) is 4.62. The van der Waals surface area contributed by atoms with Gasteiger partial charge in [-0.05, 0) is 83.3 Å². The summed E-state index contributed by atoms with van der Waals surface area (Å²) in [7, 11) is 0. The lowest BCUT2D eigenvalue weighted by Gasteiger charge is -2.23. The molecule has 0 radical (unpaired) electrons. The Bertz CT molecular complexity index is 811. The van der Waals surface area contributed by atoms with Crippen LogP contribution in [-0.2, 0) is 35.9 Å². The summed E-state index contributed by atoms with van der Waals surface area (Å²) in [5, 5.41) is 20.2. The Balaban J connectivity index is 2.13. The monoisotopic (exact) mass is 354 g/mol. The Kier molecular flexibility index (Phi) is 4.40. The summed E-state index contributed by atoms with van der Waals surface area (Å²) in [6.07, 6.45) is -0.0716. The van der Waals surface area contributed by atoms with Crippen LogP contribution in [0.15, 0.2) is 12.1 Å². The molecule has 0 amide bonds. The van der Waals surface area contributed by atoms with Crippen LogP contribution in [0.5, 0.6) is 0 Å². The van der Waals surface area contributed by atoms with E-state index in [-0.39, 0.29) is 25.4 Å². The number of aryl methyl sites for hydroxylation is 2. The van der Waals surface area contributed by atoms with Gasteiger partial charge in [0, 0.05) is 0 Å². The lowest BCUT2D eigenvalue weighted by atomic mass is 9.81. The molecule has 2 N–H and O–H groups in total. The van der Waals surface area contributed by atoms with Crippen molar-refractivity contribution in [3.05, 3.63) is 56.6 Å². The molecule has 0 saturated heterocycles. The first-order chi connectivity index (χ1) is 12.5. The smallest absolute Gasteiger partial charge is 0.0811 e. The van der Waals surface area contributed by atoms with Crippen molar-refractivity contribution in [2.45, 2.75) is 66.3 Å². The van der Waals surface area contributed by atoms with E-state index in [4.69, 9.17) is 9.47 Å². The number of hydrogen-bond acceptors (Lipinski definition) is 4. The van der Waals surface area contributed by atoms with Gasteiger partial charge in [-0.15, -0.1) is 0 Å². The van der Waals surface area contributed by atoms with Crippen molar-refractivity contribution < 1.29 is 19.7 Å². The van der Waals surface area contributed by atoms with Crippen molar-refractivity contribution in [1.29, 1.82) is 0 Å². The molecule has 2 heterocycles. The third kappa shape index (κ3) is 2.44. The third-order valence-corrected chi connectivity index (χ3v) is 5.92. The molecule has 4 nitrogen and oxygen atoms in total. The summed E-state index contributed by atoms with van der Waals surface area (Å²) >= 11 is 0. The molecule has 4 heteroatoms. The first-order valence-electron chi connectivity index (χ1n) is 9.23. The first-order valence-corrected chi connectivity index (χ1v) is 9.23. The van der Waals surface area contributed by atoms with Gasteiger partial charge in [-0.3, -0.25) is 0 Å². The van der Waals surface area contributed by atoms with E-state index in [0.29, 0.717) is 13.2 Å². The first kappa shape index (κ1) is 17.7. The molecule has 0 aromatic heterocycles. The summed E-state index contributed by atoms with van der Waals surface area (Å²) in [5.74, 6) is 0. The normalized spacial score (nSPS) is 21.2. The number of aliphatic hydroxyl groups excluding tert-OH is 2. The Hall–Kier alpha value is -1.72. The summed E-state index contributed by atoms with van der Waals surface area (Å²) in [4.78, 5) is 0. The van der Waals surface area contributed by atoms with Gasteiger partial charge in [0.2, 0.25) is 0 Å². The Morgan fingerprint density at radius 2 is 1.19 bits per heavy atom. The maximum absolute atomic E-state index is 10.1. The lowest BCUT2D eigenvalue weighted by molar-refractivity contribution is 0.0788. The standard InChI is InChI=1S/C22H26O4/c1-11-5-15(7-23)21(19-13(3)25-9-17(11)19)22-16(8-24)6-12(2)18-10-26-14(4)20(18)22/h5-6,13-14,23-24H,7-10H2,1-4H3/t13-,14-/m1/s1. The number of hydrogen-bond donors (Lipinski definition) is 2. The molecule has 138 valence electrons. The molecular formula is C22H26O4. The van der Waals surface area contributed by atoms with E-state index in [1.165, 1.54) is 11.1 Å². The Morgan fingerprint density at radius 3 is 1.54 bits per heavy atom. The van der Waals surface area contributed by atoms with E-state index in [1.54, 1.807) is 0 Å². The van der Waals surface area contributed by atoms with E-state index in [0.717, 1.165) is 44.5 Å². The molecule has 26 heavy (non-hydrogen) atoms. The quantitative estimate of drug-likeness (QED) is 0.870. The zero-order valence-electron chi connectivity index (χ0n) is 15.8. The number of aliphatic hydroxyl groups is 2. The van der Waals surface area contributed by atoms with Crippen LogP contribution in [0.3, 0.4) is 0 Å². The molecule has 0 aliphatic carbocycles. The highest BCUT2D eigenvalue weighted by molar-refractivity contribution is 5.81. The number of fused-ring (bicyclic) bond motifs is 2. The highest BCUT2D eigenvalue weighted by atomic mass is 16.5. The summed E-state index contributed by atoms with van der Waals surface area (Å²) in [5.41, 5.74) is 10.8. The molecule has 2 atom stereocenters. The van der Waals surface area contributed by atoms with E-state index < -0.39 is 0 Å². The minimum Gasteiger partial charge on any atom is -0.392 e. The maximum atomic E-state index is 10.1. The molecule has 0 fully saturated rings. The average molecular weight is 354 g/mol. The molecule has 2 aromatic rings. The van der Waals surface area contributed by atoms with Crippen molar-refractivity contribution in [3.8, 4) is 11.1 Å². The Labute approximate surface area is 154 Å². The number of ether oxygens (including phenoxy) is 2. The van der Waals surface area contributed by atoms with Gasteiger partial charge in [0.15, 0.2) is 0 Å². The van der Waals surface area contributed by atoms with Gasteiger partial charge in [0.25, 0.3) is 0 Å². The van der Waals surface area contributed by atoms with Gasteiger partial charge in [0.05, 0.1) is 38.6 Å². The van der Waals surface area contributed by atoms with Crippen molar-refractivity contribution in [1.82, 2.24) is 0 Å². The predicted molar refractivity (Wildman–Crippen MR) is 99.6 cm³/mol. The summed E-state index contributed by atoms with van der Waals surface area (Å²) in [6.45, 7) is 9.36.